The highest BCUT2D eigenvalue weighted by molar-refractivity contribution is 4.90. The highest BCUT2D eigenvalue weighted by atomic mass is 16.5. The first-order valence-corrected chi connectivity index (χ1v) is 7.42. The van der Waals surface area contributed by atoms with Gasteiger partial charge in [0.2, 0.25) is 0 Å². The van der Waals surface area contributed by atoms with E-state index >= 15 is 0 Å². The van der Waals surface area contributed by atoms with E-state index in [0.717, 1.165) is 19.4 Å². The van der Waals surface area contributed by atoms with Crippen LogP contribution in [0.15, 0.2) is 0 Å². The lowest BCUT2D eigenvalue weighted by atomic mass is 9.79. The van der Waals surface area contributed by atoms with Crippen molar-refractivity contribution >= 4 is 0 Å². The lowest BCUT2D eigenvalue weighted by Gasteiger charge is -2.43. The molecule has 0 aromatic rings. The molecular weight excluding hydrogens is 228 g/mol. The van der Waals surface area contributed by atoms with Gasteiger partial charge in [-0.1, -0.05) is 33.1 Å². The molecule has 0 bridgehead atoms. The topological polar surface area (TPSA) is 38.7 Å². The Morgan fingerprint density at radius 3 is 2.67 bits per heavy atom. The average Bonchev–Trinajstić information content (AvgIpc) is 2.38. The van der Waals surface area contributed by atoms with E-state index in [1.165, 1.54) is 32.1 Å². The van der Waals surface area contributed by atoms with E-state index in [9.17, 15) is 5.11 Å². The summed E-state index contributed by atoms with van der Waals surface area (Å²) in [6, 6.07) is 0. The maximum absolute atomic E-state index is 9.26. The SMILES string of the molecule is CC(C)(CO)COC1CCOC2(CCCCC2)C1. The normalized spacial score (nSPS) is 28.5. The minimum Gasteiger partial charge on any atom is -0.396 e. The van der Waals surface area contributed by atoms with E-state index in [-0.39, 0.29) is 17.6 Å². The van der Waals surface area contributed by atoms with Gasteiger partial charge in [0.25, 0.3) is 0 Å². The Bertz CT molecular complexity index is 251. The van der Waals surface area contributed by atoms with Crippen molar-refractivity contribution in [1.82, 2.24) is 0 Å². The molecule has 1 N–H and O–H groups in total. The van der Waals surface area contributed by atoms with E-state index in [1.807, 2.05) is 13.8 Å². The van der Waals surface area contributed by atoms with Crippen LogP contribution in [0, 0.1) is 5.41 Å². The Kier molecular flexibility index (Phi) is 4.68. The molecule has 1 atom stereocenters. The van der Waals surface area contributed by atoms with Crippen molar-refractivity contribution in [2.75, 3.05) is 19.8 Å². The van der Waals surface area contributed by atoms with Gasteiger partial charge in [-0.3, -0.25) is 0 Å². The molecule has 3 heteroatoms. The van der Waals surface area contributed by atoms with Crippen molar-refractivity contribution < 1.29 is 14.6 Å². The largest absolute Gasteiger partial charge is 0.396 e. The third kappa shape index (κ3) is 3.69. The van der Waals surface area contributed by atoms with Crippen molar-refractivity contribution in [1.29, 1.82) is 0 Å². The van der Waals surface area contributed by atoms with Gasteiger partial charge in [0.1, 0.15) is 0 Å². The van der Waals surface area contributed by atoms with Gasteiger partial charge in [0.05, 0.1) is 24.9 Å². The summed E-state index contributed by atoms with van der Waals surface area (Å²) in [6.07, 6.45) is 8.74. The Morgan fingerprint density at radius 2 is 2.00 bits per heavy atom. The summed E-state index contributed by atoms with van der Waals surface area (Å²) in [4.78, 5) is 0. The quantitative estimate of drug-likeness (QED) is 0.840. The van der Waals surface area contributed by atoms with Gasteiger partial charge >= 0.3 is 0 Å². The molecule has 106 valence electrons. The smallest absolute Gasteiger partial charge is 0.0707 e. The molecule has 1 spiro atoms. The number of hydrogen-bond donors (Lipinski definition) is 1. The average molecular weight is 256 g/mol. The van der Waals surface area contributed by atoms with Crippen LogP contribution in [0.2, 0.25) is 0 Å². The van der Waals surface area contributed by atoms with Gasteiger partial charge in [-0.05, 0) is 19.3 Å². The van der Waals surface area contributed by atoms with Crippen molar-refractivity contribution in [3.05, 3.63) is 0 Å². The van der Waals surface area contributed by atoms with Crippen molar-refractivity contribution in [3.8, 4) is 0 Å². The minimum atomic E-state index is -0.127. The fraction of sp³-hybridized carbons (Fsp3) is 1.00. The number of rotatable bonds is 4. The first kappa shape index (κ1) is 14.3. The maximum atomic E-state index is 9.26. The van der Waals surface area contributed by atoms with Crippen LogP contribution in [0.4, 0.5) is 0 Å². The summed E-state index contributed by atoms with van der Waals surface area (Å²) >= 11 is 0. The summed E-state index contributed by atoms with van der Waals surface area (Å²) in [5.74, 6) is 0. The van der Waals surface area contributed by atoms with Gasteiger partial charge in [-0.25, -0.2) is 0 Å². The summed E-state index contributed by atoms with van der Waals surface area (Å²) in [6.45, 7) is 5.75. The molecule has 1 aliphatic heterocycles. The van der Waals surface area contributed by atoms with Crippen molar-refractivity contribution in [3.63, 3.8) is 0 Å². The van der Waals surface area contributed by atoms with E-state index in [4.69, 9.17) is 9.47 Å². The minimum absolute atomic E-state index is 0.116. The highest BCUT2D eigenvalue weighted by Crippen LogP contribution is 2.39. The van der Waals surface area contributed by atoms with Crippen LogP contribution in [0.25, 0.3) is 0 Å². The number of hydrogen-bond acceptors (Lipinski definition) is 3. The fourth-order valence-corrected chi connectivity index (χ4v) is 3.06. The molecule has 2 aliphatic rings. The lowest BCUT2D eigenvalue weighted by molar-refractivity contribution is -0.156. The first-order valence-electron chi connectivity index (χ1n) is 7.42. The number of aliphatic hydroxyl groups is 1. The summed E-state index contributed by atoms with van der Waals surface area (Å²) in [5, 5.41) is 9.26. The molecule has 2 fully saturated rings. The van der Waals surface area contributed by atoms with E-state index in [0.29, 0.717) is 12.7 Å². The van der Waals surface area contributed by atoms with E-state index in [2.05, 4.69) is 0 Å². The van der Waals surface area contributed by atoms with Gasteiger partial charge in [-0.2, -0.15) is 0 Å². The zero-order valence-corrected chi connectivity index (χ0v) is 11.9. The molecule has 1 saturated carbocycles. The molecule has 0 aromatic heterocycles. The zero-order chi connectivity index (χ0) is 13.1. The Balaban J connectivity index is 1.83. The van der Waals surface area contributed by atoms with Crippen molar-refractivity contribution in [2.45, 2.75) is 70.5 Å². The van der Waals surface area contributed by atoms with Gasteiger partial charge in [0.15, 0.2) is 0 Å². The second kappa shape index (κ2) is 5.89. The van der Waals surface area contributed by atoms with Gasteiger partial charge in [0, 0.05) is 18.4 Å². The molecule has 0 amide bonds. The van der Waals surface area contributed by atoms with Crippen molar-refractivity contribution in [2.24, 2.45) is 5.41 Å². The Hall–Kier alpha value is -0.120. The van der Waals surface area contributed by atoms with Crippen LogP contribution in [-0.2, 0) is 9.47 Å². The second-order valence-electron chi connectivity index (χ2n) is 6.84. The third-order valence-corrected chi connectivity index (χ3v) is 4.35. The van der Waals surface area contributed by atoms with Crippen LogP contribution in [0.5, 0.6) is 0 Å². The second-order valence-corrected chi connectivity index (χ2v) is 6.84. The molecule has 0 radical (unpaired) electrons. The third-order valence-electron chi connectivity index (χ3n) is 4.35. The summed E-state index contributed by atoms with van der Waals surface area (Å²) < 4.78 is 12.1. The Labute approximate surface area is 111 Å². The van der Waals surface area contributed by atoms with E-state index in [1.54, 1.807) is 0 Å². The monoisotopic (exact) mass is 256 g/mol. The number of ether oxygens (including phenoxy) is 2. The predicted octanol–water partition coefficient (Wildman–Crippen LogP) is 2.90. The summed E-state index contributed by atoms with van der Waals surface area (Å²) in [7, 11) is 0. The van der Waals surface area contributed by atoms with Gasteiger partial charge < -0.3 is 14.6 Å². The molecule has 18 heavy (non-hydrogen) atoms. The van der Waals surface area contributed by atoms with Crippen LogP contribution >= 0.6 is 0 Å². The lowest BCUT2D eigenvalue weighted by Crippen LogP contribution is -2.44. The molecule has 1 saturated heterocycles. The Morgan fingerprint density at radius 1 is 1.28 bits per heavy atom. The van der Waals surface area contributed by atoms with Crippen LogP contribution in [-0.4, -0.2) is 36.6 Å². The molecule has 1 heterocycles. The van der Waals surface area contributed by atoms with Crippen LogP contribution in [0.3, 0.4) is 0 Å². The highest BCUT2D eigenvalue weighted by Gasteiger charge is 2.39. The molecule has 1 aliphatic carbocycles. The number of aliphatic hydroxyl groups excluding tert-OH is 1. The maximum Gasteiger partial charge on any atom is 0.0707 e. The predicted molar refractivity (Wildman–Crippen MR) is 71.6 cm³/mol. The van der Waals surface area contributed by atoms with Crippen LogP contribution in [0.1, 0.15) is 58.8 Å². The molecule has 1 unspecified atom stereocenters. The van der Waals surface area contributed by atoms with E-state index < -0.39 is 0 Å². The molecule has 3 nitrogen and oxygen atoms in total. The zero-order valence-electron chi connectivity index (χ0n) is 11.9. The molecule has 0 aromatic carbocycles. The first-order chi connectivity index (χ1) is 8.55. The fourth-order valence-electron chi connectivity index (χ4n) is 3.06. The standard InChI is InChI=1S/C15H28O3/c1-14(2,11-16)12-17-13-6-9-18-15(10-13)7-4-3-5-8-15/h13,16H,3-12H2,1-2H3. The molecule has 2 rings (SSSR count). The molecular formula is C15H28O3. The summed E-state index contributed by atoms with van der Waals surface area (Å²) in [5.41, 5.74) is -0.0114. The van der Waals surface area contributed by atoms with Gasteiger partial charge in [-0.15, -0.1) is 0 Å². The van der Waals surface area contributed by atoms with Crippen LogP contribution < -0.4 is 0 Å².